The minimum absolute atomic E-state index is 0.301. The Morgan fingerprint density at radius 1 is 1.04 bits per heavy atom. The van der Waals surface area contributed by atoms with E-state index in [1.165, 1.54) is 0 Å². The lowest BCUT2D eigenvalue weighted by Gasteiger charge is -2.08. The molecule has 5 nitrogen and oxygen atoms in total. The molecule has 0 aliphatic heterocycles. The minimum Gasteiger partial charge on any atom is -0.320 e. The van der Waals surface area contributed by atoms with E-state index in [0.717, 1.165) is 22.5 Å². The van der Waals surface area contributed by atoms with Crippen LogP contribution in [0.15, 0.2) is 79.1 Å². The Morgan fingerprint density at radius 3 is 2.61 bits per heavy atom. The van der Waals surface area contributed by atoms with Crippen LogP contribution >= 0.6 is 11.6 Å². The van der Waals surface area contributed by atoms with Gasteiger partial charge in [-0.25, -0.2) is 4.68 Å². The zero-order valence-corrected chi connectivity index (χ0v) is 15.9. The van der Waals surface area contributed by atoms with Crippen LogP contribution in [0, 0.1) is 6.92 Å². The second-order valence-electron chi connectivity index (χ2n) is 6.27. The number of anilines is 1. The van der Waals surface area contributed by atoms with Crippen LogP contribution in [0.25, 0.3) is 16.9 Å². The standard InChI is InChI=1S/C22H17ClN4O/c1-15-18(23)10-5-11-19(15)25-22(28)20-13-21(16-7-6-12-24-14-16)27(26-20)17-8-3-2-4-9-17/h2-14H,1H3,(H,25,28). The Kier molecular flexibility index (Phi) is 4.91. The van der Waals surface area contributed by atoms with Crippen LogP contribution in [0.2, 0.25) is 5.02 Å². The number of carbonyl (C=O) groups is 1. The molecule has 0 fully saturated rings. The molecule has 0 atom stereocenters. The monoisotopic (exact) mass is 388 g/mol. The van der Waals surface area contributed by atoms with Gasteiger partial charge in [0.1, 0.15) is 0 Å². The van der Waals surface area contributed by atoms with Crippen LogP contribution in [-0.4, -0.2) is 20.7 Å². The molecule has 1 amide bonds. The first kappa shape index (κ1) is 17.9. The molecular formula is C22H17ClN4O. The van der Waals surface area contributed by atoms with E-state index in [9.17, 15) is 4.79 Å². The summed E-state index contributed by atoms with van der Waals surface area (Å²) in [4.78, 5) is 17.0. The quantitative estimate of drug-likeness (QED) is 0.526. The summed E-state index contributed by atoms with van der Waals surface area (Å²) >= 11 is 6.15. The third-order valence-corrected chi connectivity index (χ3v) is 4.83. The molecule has 1 N–H and O–H groups in total. The molecule has 0 spiro atoms. The molecule has 6 heteroatoms. The van der Waals surface area contributed by atoms with Crippen molar-refractivity contribution in [3.05, 3.63) is 95.4 Å². The van der Waals surface area contributed by atoms with Gasteiger partial charge in [0.05, 0.1) is 11.4 Å². The van der Waals surface area contributed by atoms with Gasteiger partial charge in [-0.2, -0.15) is 5.10 Å². The van der Waals surface area contributed by atoms with Crippen molar-refractivity contribution < 1.29 is 4.79 Å². The highest BCUT2D eigenvalue weighted by atomic mass is 35.5. The smallest absolute Gasteiger partial charge is 0.276 e. The SMILES string of the molecule is Cc1c(Cl)cccc1NC(=O)c1cc(-c2cccnc2)n(-c2ccccc2)n1. The lowest BCUT2D eigenvalue weighted by Crippen LogP contribution is -2.14. The molecule has 0 aliphatic carbocycles. The number of halogens is 1. The third kappa shape index (κ3) is 3.52. The van der Waals surface area contributed by atoms with Crippen molar-refractivity contribution in [3.63, 3.8) is 0 Å². The lowest BCUT2D eigenvalue weighted by atomic mass is 10.1. The number of pyridine rings is 1. The normalized spacial score (nSPS) is 10.6. The Balaban J connectivity index is 1.75. The first-order valence-electron chi connectivity index (χ1n) is 8.76. The van der Waals surface area contributed by atoms with Crippen LogP contribution in [0.1, 0.15) is 16.1 Å². The topological polar surface area (TPSA) is 59.8 Å². The number of hydrogen-bond acceptors (Lipinski definition) is 3. The fourth-order valence-corrected chi connectivity index (χ4v) is 3.08. The Hall–Kier alpha value is -3.44. The molecule has 0 unspecified atom stereocenters. The van der Waals surface area contributed by atoms with E-state index in [2.05, 4.69) is 15.4 Å². The van der Waals surface area contributed by atoms with Gasteiger partial charge in [-0.3, -0.25) is 9.78 Å². The molecule has 0 aliphatic rings. The third-order valence-electron chi connectivity index (χ3n) is 4.42. The summed E-state index contributed by atoms with van der Waals surface area (Å²) in [5.41, 5.74) is 4.30. The zero-order valence-electron chi connectivity index (χ0n) is 15.1. The first-order chi connectivity index (χ1) is 13.6. The van der Waals surface area contributed by atoms with E-state index in [0.29, 0.717) is 16.4 Å². The second-order valence-corrected chi connectivity index (χ2v) is 6.68. The Labute approximate surface area is 167 Å². The van der Waals surface area contributed by atoms with Crippen LogP contribution in [0.4, 0.5) is 5.69 Å². The van der Waals surface area contributed by atoms with Gasteiger partial charge in [0.2, 0.25) is 0 Å². The largest absolute Gasteiger partial charge is 0.320 e. The lowest BCUT2D eigenvalue weighted by molar-refractivity contribution is 0.102. The van der Waals surface area contributed by atoms with Gasteiger partial charge in [0.25, 0.3) is 5.91 Å². The maximum atomic E-state index is 12.9. The number of rotatable bonds is 4. The number of nitrogens with one attached hydrogen (secondary N) is 1. The predicted molar refractivity (Wildman–Crippen MR) is 111 cm³/mol. The number of aromatic nitrogens is 3. The fourth-order valence-electron chi connectivity index (χ4n) is 2.91. The van der Waals surface area contributed by atoms with Crippen molar-refractivity contribution in [1.82, 2.24) is 14.8 Å². The molecule has 0 radical (unpaired) electrons. The average molecular weight is 389 g/mol. The average Bonchev–Trinajstić information content (AvgIpc) is 3.18. The van der Waals surface area contributed by atoms with Crippen LogP contribution in [0.3, 0.4) is 0 Å². The highest BCUT2D eigenvalue weighted by Crippen LogP contribution is 2.26. The molecule has 28 heavy (non-hydrogen) atoms. The minimum atomic E-state index is -0.301. The summed E-state index contributed by atoms with van der Waals surface area (Å²) in [6.45, 7) is 1.86. The van der Waals surface area contributed by atoms with Gasteiger partial charge in [-0.05, 0) is 55.0 Å². The highest BCUT2D eigenvalue weighted by Gasteiger charge is 2.18. The van der Waals surface area contributed by atoms with E-state index in [4.69, 9.17) is 11.6 Å². The summed E-state index contributed by atoms with van der Waals surface area (Å²) in [6.07, 6.45) is 3.46. The van der Waals surface area contributed by atoms with Crippen molar-refractivity contribution in [2.75, 3.05) is 5.32 Å². The number of amides is 1. The molecule has 2 aromatic carbocycles. The summed E-state index contributed by atoms with van der Waals surface area (Å²) in [5.74, 6) is -0.301. The molecule has 4 aromatic rings. The molecule has 138 valence electrons. The van der Waals surface area contributed by atoms with Gasteiger partial charge in [-0.1, -0.05) is 35.9 Å². The zero-order chi connectivity index (χ0) is 19.5. The molecular weight excluding hydrogens is 372 g/mol. The summed E-state index contributed by atoms with van der Waals surface area (Å²) < 4.78 is 1.75. The molecule has 0 saturated carbocycles. The number of nitrogens with zero attached hydrogens (tertiary/aromatic N) is 3. The van der Waals surface area contributed by atoms with Gasteiger partial charge < -0.3 is 5.32 Å². The second kappa shape index (κ2) is 7.66. The van der Waals surface area contributed by atoms with Crippen LogP contribution < -0.4 is 5.32 Å². The van der Waals surface area contributed by atoms with Crippen LogP contribution in [0.5, 0.6) is 0 Å². The van der Waals surface area contributed by atoms with Crippen LogP contribution in [-0.2, 0) is 0 Å². The van der Waals surface area contributed by atoms with Gasteiger partial charge in [-0.15, -0.1) is 0 Å². The first-order valence-corrected chi connectivity index (χ1v) is 9.13. The van der Waals surface area contributed by atoms with Crippen molar-refractivity contribution >= 4 is 23.2 Å². The summed E-state index contributed by atoms with van der Waals surface area (Å²) in [6, 6.07) is 20.6. The van der Waals surface area contributed by atoms with Crippen molar-refractivity contribution in [3.8, 4) is 16.9 Å². The van der Waals surface area contributed by atoms with Crippen molar-refractivity contribution in [1.29, 1.82) is 0 Å². The van der Waals surface area contributed by atoms with Gasteiger partial charge in [0.15, 0.2) is 5.69 Å². The number of benzene rings is 2. The fraction of sp³-hybridized carbons (Fsp3) is 0.0455. The van der Waals surface area contributed by atoms with Gasteiger partial charge >= 0.3 is 0 Å². The number of carbonyl (C=O) groups excluding carboxylic acids is 1. The van der Waals surface area contributed by atoms with E-state index in [-0.39, 0.29) is 5.91 Å². The summed E-state index contributed by atoms with van der Waals surface area (Å²) in [7, 11) is 0. The van der Waals surface area contributed by atoms with E-state index in [1.54, 1.807) is 35.3 Å². The number of para-hydroxylation sites is 1. The van der Waals surface area contributed by atoms with Crippen molar-refractivity contribution in [2.24, 2.45) is 0 Å². The van der Waals surface area contributed by atoms with E-state index >= 15 is 0 Å². The molecule has 2 aromatic heterocycles. The maximum Gasteiger partial charge on any atom is 0.276 e. The van der Waals surface area contributed by atoms with E-state index < -0.39 is 0 Å². The highest BCUT2D eigenvalue weighted by molar-refractivity contribution is 6.31. The summed E-state index contributed by atoms with van der Waals surface area (Å²) in [5, 5.41) is 8.05. The van der Waals surface area contributed by atoms with E-state index in [1.807, 2.05) is 55.5 Å². The number of hydrogen-bond donors (Lipinski definition) is 1. The Bertz CT molecular complexity index is 1070. The Morgan fingerprint density at radius 2 is 1.86 bits per heavy atom. The predicted octanol–water partition coefficient (Wildman–Crippen LogP) is 5.15. The maximum absolute atomic E-state index is 12.9. The molecule has 2 heterocycles. The molecule has 0 bridgehead atoms. The van der Waals surface area contributed by atoms with Crippen molar-refractivity contribution in [2.45, 2.75) is 6.92 Å². The molecule has 4 rings (SSSR count). The molecule has 0 saturated heterocycles. The van der Waals surface area contributed by atoms with Gasteiger partial charge in [0, 0.05) is 28.7 Å².